The lowest BCUT2D eigenvalue weighted by Crippen LogP contribution is -2.04. The summed E-state index contributed by atoms with van der Waals surface area (Å²) in [6.45, 7) is 0.594. The van der Waals surface area contributed by atoms with Crippen molar-refractivity contribution in [3.8, 4) is 11.1 Å². The van der Waals surface area contributed by atoms with Crippen LogP contribution in [0.15, 0.2) is 47.0 Å². The quantitative estimate of drug-likeness (QED) is 0.604. The van der Waals surface area contributed by atoms with Gasteiger partial charge in [0.1, 0.15) is 11.3 Å². The van der Waals surface area contributed by atoms with Crippen molar-refractivity contribution in [2.45, 2.75) is 6.54 Å². The van der Waals surface area contributed by atoms with Crippen LogP contribution in [0.1, 0.15) is 5.89 Å². The smallest absolute Gasteiger partial charge is 0.209 e. The molecule has 0 aliphatic rings. The van der Waals surface area contributed by atoms with Crippen molar-refractivity contribution < 1.29 is 8.81 Å². The number of fused-ring (bicyclic) bond motifs is 2. The molecule has 2 aromatic carbocycles. The summed E-state index contributed by atoms with van der Waals surface area (Å²) in [7, 11) is 1.85. The van der Waals surface area contributed by atoms with Gasteiger partial charge in [0, 0.05) is 22.7 Å². The van der Waals surface area contributed by atoms with Gasteiger partial charge in [-0.3, -0.25) is 0 Å². The van der Waals surface area contributed by atoms with Crippen molar-refractivity contribution in [1.29, 1.82) is 0 Å². The first kappa shape index (κ1) is 13.0. The highest BCUT2D eigenvalue weighted by atomic mass is 19.1. The molecule has 0 saturated heterocycles. The van der Waals surface area contributed by atoms with E-state index in [0.717, 1.165) is 33.1 Å². The zero-order chi connectivity index (χ0) is 15.1. The van der Waals surface area contributed by atoms with E-state index in [1.807, 2.05) is 31.4 Å². The summed E-state index contributed by atoms with van der Waals surface area (Å²) in [5.74, 6) is 0.416. The van der Waals surface area contributed by atoms with Crippen molar-refractivity contribution in [1.82, 2.24) is 15.3 Å². The minimum absolute atomic E-state index is 0.247. The van der Waals surface area contributed by atoms with E-state index in [1.54, 1.807) is 6.07 Å². The second kappa shape index (κ2) is 4.96. The maximum Gasteiger partial charge on any atom is 0.209 e. The summed E-state index contributed by atoms with van der Waals surface area (Å²) in [5, 5.41) is 4.00. The fourth-order valence-corrected chi connectivity index (χ4v) is 2.70. The Balaban J connectivity index is 1.85. The standard InChI is InChI=1S/C17H14FN3O/c1-19-9-17-21-14-5-2-10(6-16(14)22-17)13-8-20-15-7-11(18)3-4-12(13)15/h2-8,19-20H,9H2,1H3. The van der Waals surface area contributed by atoms with E-state index in [4.69, 9.17) is 4.42 Å². The van der Waals surface area contributed by atoms with Gasteiger partial charge < -0.3 is 14.7 Å². The molecule has 2 N–H and O–H groups in total. The van der Waals surface area contributed by atoms with Crippen molar-refractivity contribution in [3.63, 3.8) is 0 Å². The van der Waals surface area contributed by atoms with Gasteiger partial charge in [-0.2, -0.15) is 0 Å². The Morgan fingerprint density at radius 2 is 2.14 bits per heavy atom. The Morgan fingerprint density at radius 3 is 3.00 bits per heavy atom. The molecular formula is C17H14FN3O. The summed E-state index contributed by atoms with van der Waals surface area (Å²) in [6.07, 6.45) is 1.89. The molecule has 0 aliphatic heterocycles. The summed E-state index contributed by atoms with van der Waals surface area (Å²) in [4.78, 5) is 7.52. The lowest BCUT2D eigenvalue weighted by atomic mass is 10.0. The number of hydrogen-bond acceptors (Lipinski definition) is 3. The van der Waals surface area contributed by atoms with Gasteiger partial charge in [-0.15, -0.1) is 0 Å². The van der Waals surface area contributed by atoms with Gasteiger partial charge >= 0.3 is 0 Å². The van der Waals surface area contributed by atoms with Crippen LogP contribution in [-0.4, -0.2) is 17.0 Å². The molecule has 0 fully saturated rings. The van der Waals surface area contributed by atoms with E-state index in [1.165, 1.54) is 12.1 Å². The molecule has 4 rings (SSSR count). The first-order valence-corrected chi connectivity index (χ1v) is 7.05. The second-order valence-corrected chi connectivity index (χ2v) is 5.21. The second-order valence-electron chi connectivity index (χ2n) is 5.21. The Bertz CT molecular complexity index is 971. The minimum Gasteiger partial charge on any atom is -0.439 e. The van der Waals surface area contributed by atoms with E-state index in [-0.39, 0.29) is 5.82 Å². The van der Waals surface area contributed by atoms with E-state index < -0.39 is 0 Å². The van der Waals surface area contributed by atoms with Gasteiger partial charge in [0.25, 0.3) is 0 Å². The van der Waals surface area contributed by atoms with Crippen LogP contribution in [0.3, 0.4) is 0 Å². The predicted molar refractivity (Wildman–Crippen MR) is 84.0 cm³/mol. The first-order valence-electron chi connectivity index (χ1n) is 7.05. The highest BCUT2D eigenvalue weighted by molar-refractivity contribution is 5.97. The van der Waals surface area contributed by atoms with E-state index in [9.17, 15) is 4.39 Å². The number of rotatable bonds is 3. The lowest BCUT2D eigenvalue weighted by molar-refractivity contribution is 0.511. The molecule has 22 heavy (non-hydrogen) atoms. The highest BCUT2D eigenvalue weighted by Gasteiger charge is 2.10. The molecule has 0 saturated carbocycles. The third kappa shape index (κ3) is 2.07. The molecule has 2 aromatic heterocycles. The Kier molecular flexibility index (Phi) is 2.94. The molecule has 0 amide bonds. The summed E-state index contributed by atoms with van der Waals surface area (Å²) in [6, 6.07) is 10.7. The Hall–Kier alpha value is -2.66. The molecule has 5 heteroatoms. The van der Waals surface area contributed by atoms with Gasteiger partial charge in [0.05, 0.1) is 6.54 Å². The molecule has 4 aromatic rings. The zero-order valence-corrected chi connectivity index (χ0v) is 12.0. The molecule has 110 valence electrons. The van der Waals surface area contributed by atoms with Gasteiger partial charge in [-0.25, -0.2) is 9.37 Å². The fraction of sp³-hybridized carbons (Fsp3) is 0.118. The van der Waals surface area contributed by atoms with Gasteiger partial charge in [0.2, 0.25) is 5.89 Å². The number of benzene rings is 2. The van der Waals surface area contributed by atoms with Crippen LogP contribution < -0.4 is 5.32 Å². The van der Waals surface area contributed by atoms with Crippen LogP contribution in [0.4, 0.5) is 4.39 Å². The van der Waals surface area contributed by atoms with E-state index >= 15 is 0 Å². The average Bonchev–Trinajstić information content (AvgIpc) is 3.09. The Morgan fingerprint density at radius 1 is 1.23 bits per heavy atom. The molecule has 2 heterocycles. The van der Waals surface area contributed by atoms with Crippen molar-refractivity contribution in [2.75, 3.05) is 7.05 Å². The van der Waals surface area contributed by atoms with Crippen LogP contribution in [0.25, 0.3) is 33.1 Å². The summed E-state index contributed by atoms with van der Waals surface area (Å²) < 4.78 is 19.0. The maximum atomic E-state index is 13.3. The molecule has 0 radical (unpaired) electrons. The van der Waals surface area contributed by atoms with E-state index in [0.29, 0.717) is 12.4 Å². The third-order valence-corrected chi connectivity index (χ3v) is 3.72. The van der Waals surface area contributed by atoms with Crippen LogP contribution in [-0.2, 0) is 6.54 Å². The highest BCUT2D eigenvalue weighted by Crippen LogP contribution is 2.31. The first-order chi connectivity index (χ1) is 10.7. The third-order valence-electron chi connectivity index (χ3n) is 3.72. The normalized spacial score (nSPS) is 11.5. The van der Waals surface area contributed by atoms with Gasteiger partial charge in [0.15, 0.2) is 5.58 Å². The number of aromatic amines is 1. The number of halogens is 1. The zero-order valence-electron chi connectivity index (χ0n) is 12.0. The molecule has 0 aliphatic carbocycles. The predicted octanol–water partition coefficient (Wildman–Crippen LogP) is 3.83. The monoisotopic (exact) mass is 295 g/mol. The largest absolute Gasteiger partial charge is 0.439 e. The van der Waals surface area contributed by atoms with Crippen LogP contribution in [0, 0.1) is 5.82 Å². The average molecular weight is 295 g/mol. The van der Waals surface area contributed by atoms with E-state index in [2.05, 4.69) is 15.3 Å². The number of nitrogens with zero attached hydrogens (tertiary/aromatic N) is 1. The molecule has 4 nitrogen and oxygen atoms in total. The lowest BCUT2D eigenvalue weighted by Gasteiger charge is -1.99. The maximum absolute atomic E-state index is 13.3. The minimum atomic E-state index is -0.247. The molecule has 0 spiro atoms. The van der Waals surface area contributed by atoms with Crippen LogP contribution >= 0.6 is 0 Å². The number of aromatic nitrogens is 2. The van der Waals surface area contributed by atoms with Crippen LogP contribution in [0.5, 0.6) is 0 Å². The SMILES string of the molecule is CNCc1nc2ccc(-c3c[nH]c4cc(F)ccc34)cc2o1. The number of oxazole rings is 1. The molecular weight excluding hydrogens is 281 g/mol. The van der Waals surface area contributed by atoms with Crippen LogP contribution in [0.2, 0.25) is 0 Å². The number of hydrogen-bond donors (Lipinski definition) is 2. The molecule has 0 unspecified atom stereocenters. The molecule has 0 atom stereocenters. The molecule has 0 bridgehead atoms. The van der Waals surface area contributed by atoms with Crippen molar-refractivity contribution in [3.05, 3.63) is 54.3 Å². The topological polar surface area (TPSA) is 53.9 Å². The van der Waals surface area contributed by atoms with Gasteiger partial charge in [-0.1, -0.05) is 6.07 Å². The Labute approximate surface area is 126 Å². The van der Waals surface area contributed by atoms with Crippen molar-refractivity contribution in [2.24, 2.45) is 0 Å². The number of H-pyrrole nitrogens is 1. The fourth-order valence-electron chi connectivity index (χ4n) is 2.70. The summed E-state index contributed by atoms with van der Waals surface area (Å²) >= 11 is 0. The van der Waals surface area contributed by atoms with Crippen molar-refractivity contribution >= 4 is 22.0 Å². The number of nitrogens with one attached hydrogen (secondary N) is 2. The summed E-state index contributed by atoms with van der Waals surface area (Å²) in [5.41, 5.74) is 4.39. The van der Waals surface area contributed by atoms with Gasteiger partial charge in [-0.05, 0) is 42.9 Å².